The van der Waals surface area contributed by atoms with E-state index in [1.165, 1.54) is 11.3 Å². The van der Waals surface area contributed by atoms with Crippen LogP contribution in [0.5, 0.6) is 0 Å². The highest BCUT2D eigenvalue weighted by atomic mass is 15.2. The zero-order chi connectivity index (χ0) is 6.55. The van der Waals surface area contributed by atoms with Crippen molar-refractivity contribution in [3.05, 3.63) is 35.7 Å². The first-order valence-electron chi connectivity index (χ1n) is 3.37. The third-order valence-corrected chi connectivity index (χ3v) is 2.12. The Bertz CT molecular complexity index is 277. The molecule has 1 atom stereocenters. The van der Waals surface area contributed by atoms with Crippen LogP contribution in [0.2, 0.25) is 0 Å². The Hall–Kier alpha value is -1.31. The molecule has 0 fully saturated rings. The van der Waals surface area contributed by atoms with Crippen molar-refractivity contribution in [1.82, 2.24) is 4.90 Å². The molecule has 0 bridgehead atoms. The molecule has 0 saturated carbocycles. The predicted molar refractivity (Wildman–Crippen MR) is 39.4 cm³/mol. The molecule has 3 rings (SSSR count). The van der Waals surface area contributed by atoms with E-state index in [1.807, 2.05) is 6.34 Å². The van der Waals surface area contributed by atoms with Crippen molar-refractivity contribution >= 4 is 6.34 Å². The third-order valence-electron chi connectivity index (χ3n) is 2.12. The van der Waals surface area contributed by atoms with E-state index < -0.39 is 0 Å². The molecular formula is C8H6N2. The van der Waals surface area contributed by atoms with Gasteiger partial charge in [0.25, 0.3) is 0 Å². The summed E-state index contributed by atoms with van der Waals surface area (Å²) in [5.41, 5.74) is 2.55. The molecule has 0 aromatic rings. The van der Waals surface area contributed by atoms with Gasteiger partial charge in [-0.25, -0.2) is 4.99 Å². The second-order valence-electron chi connectivity index (χ2n) is 2.67. The standard InChI is InChI=1S/C8H6N2/c1-2-7-8-6(1)3-4-10(8)5-9-7/h1-5,8H. The fraction of sp³-hybridized carbons (Fsp3) is 0.125. The fourth-order valence-corrected chi connectivity index (χ4v) is 1.62. The smallest absolute Gasteiger partial charge is 0.102 e. The highest BCUT2D eigenvalue weighted by Gasteiger charge is 2.32. The number of nitrogens with zero attached hydrogens (tertiary/aromatic N) is 2. The molecule has 0 N–H and O–H groups in total. The average Bonchev–Trinajstić information content (AvgIpc) is 2.56. The first-order valence-corrected chi connectivity index (χ1v) is 3.37. The second kappa shape index (κ2) is 1.24. The van der Waals surface area contributed by atoms with Gasteiger partial charge in [-0.2, -0.15) is 0 Å². The first-order chi connectivity index (χ1) is 4.95. The van der Waals surface area contributed by atoms with E-state index >= 15 is 0 Å². The molecule has 2 heteroatoms. The number of aliphatic imine (C=N–C) groups is 1. The number of hydrogen-bond acceptors (Lipinski definition) is 2. The molecule has 0 amide bonds. The van der Waals surface area contributed by atoms with E-state index in [4.69, 9.17) is 0 Å². The van der Waals surface area contributed by atoms with Crippen LogP contribution in [0.25, 0.3) is 0 Å². The van der Waals surface area contributed by atoms with Crippen LogP contribution >= 0.6 is 0 Å². The fourth-order valence-electron chi connectivity index (χ4n) is 1.62. The van der Waals surface area contributed by atoms with E-state index in [2.05, 4.69) is 34.3 Å². The molecular weight excluding hydrogens is 124 g/mol. The van der Waals surface area contributed by atoms with E-state index in [0.717, 1.165) is 0 Å². The quantitative estimate of drug-likeness (QED) is 0.478. The second-order valence-corrected chi connectivity index (χ2v) is 2.67. The minimum atomic E-state index is 0.444. The molecule has 0 aromatic heterocycles. The Labute approximate surface area is 58.9 Å². The zero-order valence-corrected chi connectivity index (χ0v) is 5.36. The molecule has 2 nitrogen and oxygen atoms in total. The predicted octanol–water partition coefficient (Wildman–Crippen LogP) is 1.05. The van der Waals surface area contributed by atoms with Crippen molar-refractivity contribution in [2.24, 2.45) is 4.99 Å². The topological polar surface area (TPSA) is 15.6 Å². The summed E-state index contributed by atoms with van der Waals surface area (Å²) >= 11 is 0. The van der Waals surface area contributed by atoms with Crippen LogP contribution in [0.4, 0.5) is 0 Å². The first kappa shape index (κ1) is 4.50. The van der Waals surface area contributed by atoms with Gasteiger partial charge in [0.15, 0.2) is 0 Å². The van der Waals surface area contributed by atoms with E-state index in [9.17, 15) is 0 Å². The highest BCUT2D eigenvalue weighted by Crippen LogP contribution is 2.34. The van der Waals surface area contributed by atoms with Gasteiger partial charge in [0.2, 0.25) is 0 Å². The van der Waals surface area contributed by atoms with Gasteiger partial charge < -0.3 is 4.90 Å². The Morgan fingerprint density at radius 1 is 1.40 bits per heavy atom. The van der Waals surface area contributed by atoms with Crippen molar-refractivity contribution in [3.63, 3.8) is 0 Å². The Morgan fingerprint density at radius 2 is 2.40 bits per heavy atom. The maximum atomic E-state index is 4.24. The molecule has 0 aromatic carbocycles. The summed E-state index contributed by atoms with van der Waals surface area (Å²) in [4.78, 5) is 6.37. The van der Waals surface area contributed by atoms with Crippen molar-refractivity contribution < 1.29 is 0 Å². The van der Waals surface area contributed by atoms with Gasteiger partial charge in [-0.15, -0.1) is 0 Å². The molecule has 1 aliphatic carbocycles. The van der Waals surface area contributed by atoms with Gasteiger partial charge in [-0.1, -0.05) is 6.08 Å². The molecule has 0 spiro atoms. The molecule has 2 aliphatic heterocycles. The highest BCUT2D eigenvalue weighted by molar-refractivity contribution is 5.71. The molecule has 0 saturated heterocycles. The summed E-state index contributed by atoms with van der Waals surface area (Å²) in [6.45, 7) is 0. The summed E-state index contributed by atoms with van der Waals surface area (Å²) in [5.74, 6) is 0. The molecule has 2 heterocycles. The monoisotopic (exact) mass is 130 g/mol. The van der Waals surface area contributed by atoms with E-state index in [1.54, 1.807) is 0 Å². The zero-order valence-electron chi connectivity index (χ0n) is 5.36. The number of rotatable bonds is 0. The average molecular weight is 130 g/mol. The lowest BCUT2D eigenvalue weighted by atomic mass is 10.2. The van der Waals surface area contributed by atoms with Crippen LogP contribution < -0.4 is 0 Å². The van der Waals surface area contributed by atoms with Crippen LogP contribution in [0.1, 0.15) is 0 Å². The summed E-state index contributed by atoms with van der Waals surface area (Å²) in [6.07, 6.45) is 10.3. The number of hydrogen-bond donors (Lipinski definition) is 0. The van der Waals surface area contributed by atoms with Gasteiger partial charge in [-0.05, 0) is 17.7 Å². The van der Waals surface area contributed by atoms with Gasteiger partial charge in [0.1, 0.15) is 6.04 Å². The largest absolute Gasteiger partial charge is 0.326 e. The molecule has 10 heavy (non-hydrogen) atoms. The Balaban J connectivity index is 2.26. The maximum absolute atomic E-state index is 4.24. The van der Waals surface area contributed by atoms with Gasteiger partial charge >= 0.3 is 0 Å². The van der Waals surface area contributed by atoms with Crippen LogP contribution in [0.3, 0.4) is 0 Å². The molecule has 3 aliphatic rings. The van der Waals surface area contributed by atoms with Crippen molar-refractivity contribution in [3.8, 4) is 0 Å². The van der Waals surface area contributed by atoms with E-state index in [0.29, 0.717) is 6.04 Å². The lowest BCUT2D eigenvalue weighted by Crippen LogP contribution is -2.20. The molecule has 1 unspecified atom stereocenters. The maximum Gasteiger partial charge on any atom is 0.102 e. The van der Waals surface area contributed by atoms with Crippen LogP contribution in [-0.2, 0) is 0 Å². The summed E-state index contributed by atoms with van der Waals surface area (Å²) < 4.78 is 0. The summed E-state index contributed by atoms with van der Waals surface area (Å²) in [5, 5.41) is 0. The van der Waals surface area contributed by atoms with Gasteiger partial charge in [0, 0.05) is 6.20 Å². The van der Waals surface area contributed by atoms with Crippen molar-refractivity contribution in [2.45, 2.75) is 6.04 Å². The minimum Gasteiger partial charge on any atom is -0.326 e. The lowest BCUT2D eigenvalue weighted by molar-refractivity contribution is 0.576. The Morgan fingerprint density at radius 3 is 3.40 bits per heavy atom. The van der Waals surface area contributed by atoms with Gasteiger partial charge in [0.05, 0.1) is 12.0 Å². The van der Waals surface area contributed by atoms with Crippen molar-refractivity contribution in [1.29, 1.82) is 0 Å². The summed E-state index contributed by atoms with van der Waals surface area (Å²) in [6, 6.07) is 0.444. The van der Waals surface area contributed by atoms with E-state index in [-0.39, 0.29) is 0 Å². The number of allylic oxidation sites excluding steroid dienone is 2. The van der Waals surface area contributed by atoms with Crippen LogP contribution in [-0.4, -0.2) is 17.3 Å². The third kappa shape index (κ3) is 0.328. The lowest BCUT2D eigenvalue weighted by Gasteiger charge is -2.11. The van der Waals surface area contributed by atoms with Gasteiger partial charge in [-0.3, -0.25) is 0 Å². The Kier molecular flexibility index (Phi) is 0.556. The van der Waals surface area contributed by atoms with Crippen LogP contribution in [0, 0.1) is 0 Å². The molecule has 48 valence electrons. The SMILES string of the molecule is C1=CN2C=NC3=CC=C1C32. The normalized spacial score (nSPS) is 31.2. The van der Waals surface area contributed by atoms with Crippen LogP contribution in [0.15, 0.2) is 40.7 Å². The minimum absolute atomic E-state index is 0.444. The van der Waals surface area contributed by atoms with Crippen molar-refractivity contribution in [2.75, 3.05) is 0 Å². The summed E-state index contributed by atoms with van der Waals surface area (Å²) in [7, 11) is 0. The molecule has 0 radical (unpaired) electrons.